The van der Waals surface area contributed by atoms with Crippen LogP contribution in [-0.2, 0) is 14.8 Å². The molecule has 1 aliphatic heterocycles. The van der Waals surface area contributed by atoms with Gasteiger partial charge in [0.2, 0.25) is 15.9 Å². The smallest absolute Gasteiger partial charge is 0.243 e. The highest BCUT2D eigenvalue weighted by atomic mass is 32.2. The van der Waals surface area contributed by atoms with Crippen molar-refractivity contribution >= 4 is 33.1 Å². The summed E-state index contributed by atoms with van der Waals surface area (Å²) in [5.74, 6) is -0.132. The molecule has 6 nitrogen and oxygen atoms in total. The van der Waals surface area contributed by atoms with Crippen LogP contribution in [-0.4, -0.2) is 55.5 Å². The first-order valence-electron chi connectivity index (χ1n) is 9.21. The lowest BCUT2D eigenvalue weighted by atomic mass is 10.1. The molecule has 1 aromatic carbocycles. The number of rotatable bonds is 6. The largest absolute Gasteiger partial charge is 0.340 e. The van der Waals surface area contributed by atoms with E-state index in [9.17, 15) is 18.0 Å². The molecular weight excluding hydrogens is 396 g/mol. The maximum absolute atomic E-state index is 12.9. The molecule has 1 aliphatic rings. The molecule has 3 rings (SSSR count). The predicted octanol–water partition coefficient (Wildman–Crippen LogP) is 2.86. The van der Waals surface area contributed by atoms with E-state index in [1.54, 1.807) is 30.0 Å². The van der Waals surface area contributed by atoms with E-state index in [-0.39, 0.29) is 37.6 Å². The van der Waals surface area contributed by atoms with Gasteiger partial charge in [-0.3, -0.25) is 9.59 Å². The molecule has 0 spiro atoms. The van der Waals surface area contributed by atoms with Crippen LogP contribution in [0.25, 0.3) is 0 Å². The molecule has 0 saturated carbocycles. The lowest BCUT2D eigenvalue weighted by Gasteiger charge is -2.34. The highest BCUT2D eigenvalue weighted by molar-refractivity contribution is 7.89. The van der Waals surface area contributed by atoms with Gasteiger partial charge in [0.1, 0.15) is 0 Å². The summed E-state index contributed by atoms with van der Waals surface area (Å²) in [5, 5.41) is 1.84. The molecular formula is C20H24N2O4S2. The van der Waals surface area contributed by atoms with E-state index in [1.807, 2.05) is 24.4 Å². The van der Waals surface area contributed by atoms with Crippen molar-refractivity contribution in [2.24, 2.45) is 0 Å². The van der Waals surface area contributed by atoms with Gasteiger partial charge in [0.25, 0.3) is 0 Å². The number of Topliss-reactive ketones (excluding diaryl/α,β-unsaturated/α-hetero) is 1. The molecule has 1 saturated heterocycles. The molecule has 1 fully saturated rings. The monoisotopic (exact) mass is 420 g/mol. The molecule has 8 heteroatoms. The SMILES string of the molecule is Cc1ccc(S(=O)(=O)N2CCN(C(=O)CCC(=O)c3cccs3)CC2)c(C)c1. The maximum Gasteiger partial charge on any atom is 0.243 e. The zero-order chi connectivity index (χ0) is 20.3. The van der Waals surface area contributed by atoms with Crippen molar-refractivity contribution < 1.29 is 18.0 Å². The van der Waals surface area contributed by atoms with E-state index in [0.29, 0.717) is 22.9 Å². The van der Waals surface area contributed by atoms with E-state index >= 15 is 0 Å². The highest BCUT2D eigenvalue weighted by Gasteiger charge is 2.31. The fourth-order valence-electron chi connectivity index (χ4n) is 3.34. The summed E-state index contributed by atoms with van der Waals surface area (Å²) in [5.41, 5.74) is 1.74. The van der Waals surface area contributed by atoms with Crippen LogP contribution in [0.5, 0.6) is 0 Å². The van der Waals surface area contributed by atoms with Gasteiger partial charge in [0, 0.05) is 39.0 Å². The van der Waals surface area contributed by atoms with Crippen LogP contribution in [0.3, 0.4) is 0 Å². The fourth-order valence-corrected chi connectivity index (χ4v) is 5.67. The minimum absolute atomic E-state index is 0.0283. The second kappa shape index (κ2) is 8.55. The number of carbonyl (C=O) groups is 2. The number of hydrogen-bond donors (Lipinski definition) is 0. The van der Waals surface area contributed by atoms with Crippen molar-refractivity contribution in [1.29, 1.82) is 0 Å². The van der Waals surface area contributed by atoms with Gasteiger partial charge in [-0.05, 0) is 36.9 Å². The molecule has 0 unspecified atom stereocenters. The number of benzene rings is 1. The number of ketones is 1. The summed E-state index contributed by atoms with van der Waals surface area (Å²) < 4.78 is 27.3. The van der Waals surface area contributed by atoms with Crippen molar-refractivity contribution in [3.8, 4) is 0 Å². The Morgan fingerprint density at radius 3 is 2.36 bits per heavy atom. The number of piperazine rings is 1. The number of thiophene rings is 1. The lowest BCUT2D eigenvalue weighted by Crippen LogP contribution is -2.50. The van der Waals surface area contributed by atoms with Gasteiger partial charge >= 0.3 is 0 Å². The number of carbonyl (C=O) groups excluding carboxylic acids is 2. The third-order valence-corrected chi connectivity index (χ3v) is 7.87. The number of hydrogen-bond acceptors (Lipinski definition) is 5. The van der Waals surface area contributed by atoms with Crippen LogP contribution in [0.15, 0.2) is 40.6 Å². The van der Waals surface area contributed by atoms with Crippen molar-refractivity contribution in [2.45, 2.75) is 31.6 Å². The fraction of sp³-hybridized carbons (Fsp3) is 0.400. The van der Waals surface area contributed by atoms with Crippen molar-refractivity contribution in [3.63, 3.8) is 0 Å². The maximum atomic E-state index is 12.9. The molecule has 2 heterocycles. The van der Waals surface area contributed by atoms with Gasteiger partial charge in [-0.25, -0.2) is 8.42 Å². The highest BCUT2D eigenvalue weighted by Crippen LogP contribution is 2.22. The van der Waals surface area contributed by atoms with E-state index in [2.05, 4.69) is 0 Å². The minimum Gasteiger partial charge on any atom is -0.340 e. The zero-order valence-corrected chi connectivity index (χ0v) is 17.7. The molecule has 28 heavy (non-hydrogen) atoms. The Balaban J connectivity index is 1.56. The van der Waals surface area contributed by atoms with E-state index in [4.69, 9.17) is 0 Å². The third kappa shape index (κ3) is 4.51. The number of aryl methyl sites for hydroxylation is 2. The molecule has 0 aliphatic carbocycles. The van der Waals surface area contributed by atoms with E-state index < -0.39 is 10.0 Å². The number of nitrogens with zero attached hydrogens (tertiary/aromatic N) is 2. The van der Waals surface area contributed by atoms with Crippen LogP contribution in [0.4, 0.5) is 0 Å². The summed E-state index contributed by atoms with van der Waals surface area (Å²) >= 11 is 1.37. The number of amides is 1. The average molecular weight is 421 g/mol. The summed E-state index contributed by atoms with van der Waals surface area (Å²) in [4.78, 5) is 27.1. The molecule has 0 bridgehead atoms. The van der Waals surface area contributed by atoms with Gasteiger partial charge in [-0.15, -0.1) is 11.3 Å². The zero-order valence-electron chi connectivity index (χ0n) is 16.1. The second-order valence-electron chi connectivity index (χ2n) is 6.95. The Labute approximate surface area is 169 Å². The predicted molar refractivity (Wildman–Crippen MR) is 109 cm³/mol. The number of sulfonamides is 1. The Morgan fingerprint density at radius 1 is 1.04 bits per heavy atom. The average Bonchev–Trinajstić information content (AvgIpc) is 3.20. The first kappa shape index (κ1) is 20.7. The van der Waals surface area contributed by atoms with Gasteiger partial charge in [0.05, 0.1) is 9.77 Å². The first-order valence-corrected chi connectivity index (χ1v) is 11.5. The van der Waals surface area contributed by atoms with E-state index in [1.165, 1.54) is 15.6 Å². The Hall–Kier alpha value is -2.03. The standard InChI is InChI=1S/C20H24N2O4S2/c1-15-5-7-19(16(2)14-15)28(25,26)22-11-9-21(10-12-22)20(24)8-6-17(23)18-4-3-13-27-18/h3-5,7,13-14H,6,8-12H2,1-2H3. The van der Waals surface area contributed by atoms with Crippen molar-refractivity contribution in [1.82, 2.24) is 9.21 Å². The molecule has 1 aromatic heterocycles. The van der Waals surface area contributed by atoms with Gasteiger partial charge < -0.3 is 4.90 Å². The van der Waals surface area contributed by atoms with Crippen molar-refractivity contribution in [3.05, 3.63) is 51.7 Å². The van der Waals surface area contributed by atoms with Crippen LogP contribution in [0.2, 0.25) is 0 Å². The van der Waals surface area contributed by atoms with Crippen molar-refractivity contribution in [2.75, 3.05) is 26.2 Å². The third-order valence-electron chi connectivity index (χ3n) is 4.90. The van der Waals surface area contributed by atoms with E-state index in [0.717, 1.165) is 11.1 Å². The van der Waals surface area contributed by atoms with Gasteiger partial charge in [-0.1, -0.05) is 23.8 Å². The molecule has 150 valence electrons. The summed E-state index contributed by atoms with van der Waals surface area (Å²) in [6, 6.07) is 8.87. The molecule has 0 atom stereocenters. The van der Waals surface area contributed by atoms with Crippen LogP contribution in [0.1, 0.15) is 33.6 Å². The summed E-state index contributed by atoms with van der Waals surface area (Å²) in [7, 11) is -3.57. The normalized spacial score (nSPS) is 15.6. The Morgan fingerprint density at radius 2 is 1.75 bits per heavy atom. The molecule has 1 amide bonds. The Bertz CT molecular complexity index is 960. The summed E-state index contributed by atoms with van der Waals surface area (Å²) in [6.07, 6.45) is 0.334. The second-order valence-corrected chi connectivity index (χ2v) is 9.81. The topological polar surface area (TPSA) is 74.8 Å². The lowest BCUT2D eigenvalue weighted by molar-refractivity contribution is -0.132. The summed E-state index contributed by atoms with van der Waals surface area (Å²) in [6.45, 7) is 4.94. The van der Waals surface area contributed by atoms with Crippen LogP contribution >= 0.6 is 11.3 Å². The molecule has 2 aromatic rings. The molecule has 0 radical (unpaired) electrons. The molecule has 0 N–H and O–H groups in total. The quantitative estimate of drug-likeness (QED) is 0.674. The first-order chi connectivity index (χ1) is 13.3. The van der Waals surface area contributed by atoms with Gasteiger partial charge in [0.15, 0.2) is 5.78 Å². The Kier molecular flexibility index (Phi) is 6.32. The van der Waals surface area contributed by atoms with Gasteiger partial charge in [-0.2, -0.15) is 4.31 Å². The minimum atomic E-state index is -3.57. The van der Waals surface area contributed by atoms with Crippen LogP contribution < -0.4 is 0 Å². The van der Waals surface area contributed by atoms with Crippen LogP contribution in [0, 0.1) is 13.8 Å².